The number of benzene rings is 1. The monoisotopic (exact) mass is 233 g/mol. The van der Waals surface area contributed by atoms with Crippen molar-refractivity contribution in [3.05, 3.63) is 47.4 Å². The molecule has 5 heteroatoms. The van der Waals surface area contributed by atoms with E-state index >= 15 is 0 Å². The Morgan fingerprint density at radius 1 is 1.41 bits per heavy atom. The minimum atomic E-state index is -0.366. The number of nitrogens with one attached hydrogen (secondary N) is 2. The molecule has 0 unspecified atom stereocenters. The summed E-state index contributed by atoms with van der Waals surface area (Å²) in [5, 5.41) is 9.36. The van der Waals surface area contributed by atoms with Gasteiger partial charge in [-0.2, -0.15) is 5.10 Å². The molecule has 0 saturated heterocycles. The van der Waals surface area contributed by atoms with Crippen LogP contribution in [-0.4, -0.2) is 16.1 Å². The number of hydrogen-bond donors (Lipinski definition) is 2. The molecule has 0 aliphatic carbocycles. The third-order valence-electron chi connectivity index (χ3n) is 2.36. The van der Waals surface area contributed by atoms with Crippen LogP contribution in [0.15, 0.2) is 30.3 Å². The number of amides is 1. The molecule has 1 heterocycles. The van der Waals surface area contributed by atoms with E-state index in [4.69, 9.17) is 0 Å². The summed E-state index contributed by atoms with van der Waals surface area (Å²) in [6.07, 6.45) is 0.819. The van der Waals surface area contributed by atoms with Gasteiger partial charge in [0.05, 0.1) is 0 Å². The third-order valence-corrected chi connectivity index (χ3v) is 2.36. The average molecular weight is 233 g/mol. The molecule has 2 aromatic rings. The van der Waals surface area contributed by atoms with Gasteiger partial charge in [-0.05, 0) is 30.7 Å². The highest BCUT2D eigenvalue weighted by Gasteiger charge is 2.07. The first kappa shape index (κ1) is 11.3. The summed E-state index contributed by atoms with van der Waals surface area (Å²) in [6.45, 7) is 1.99. The van der Waals surface area contributed by atoms with Gasteiger partial charge in [-0.25, -0.2) is 4.39 Å². The van der Waals surface area contributed by atoms with Crippen molar-refractivity contribution < 1.29 is 9.18 Å². The van der Waals surface area contributed by atoms with E-state index in [0.29, 0.717) is 11.4 Å². The predicted molar refractivity (Wildman–Crippen MR) is 62.3 cm³/mol. The van der Waals surface area contributed by atoms with Crippen molar-refractivity contribution in [2.45, 2.75) is 13.3 Å². The molecule has 1 amide bonds. The Morgan fingerprint density at radius 3 is 2.71 bits per heavy atom. The zero-order valence-electron chi connectivity index (χ0n) is 9.33. The van der Waals surface area contributed by atoms with Crippen LogP contribution >= 0.6 is 0 Å². The smallest absolute Gasteiger partial charge is 0.256 e. The quantitative estimate of drug-likeness (QED) is 0.855. The molecule has 0 aliphatic heterocycles. The lowest BCUT2D eigenvalue weighted by Gasteiger charge is -2.00. The van der Waals surface area contributed by atoms with E-state index < -0.39 is 0 Å². The number of carbonyl (C=O) groups is 1. The number of aryl methyl sites for hydroxylation is 1. The molecule has 0 spiro atoms. The second-order valence-corrected chi connectivity index (χ2v) is 3.59. The van der Waals surface area contributed by atoms with E-state index in [1.807, 2.05) is 6.92 Å². The second kappa shape index (κ2) is 4.78. The molecule has 1 aromatic heterocycles. The van der Waals surface area contributed by atoms with E-state index in [1.165, 1.54) is 24.3 Å². The van der Waals surface area contributed by atoms with Crippen molar-refractivity contribution in [1.29, 1.82) is 0 Å². The minimum Gasteiger partial charge on any atom is -0.305 e. The summed E-state index contributed by atoms with van der Waals surface area (Å²) in [4.78, 5) is 11.7. The highest BCUT2D eigenvalue weighted by atomic mass is 19.1. The number of aromatic amines is 1. The number of rotatable bonds is 3. The van der Waals surface area contributed by atoms with Crippen LogP contribution in [0.3, 0.4) is 0 Å². The van der Waals surface area contributed by atoms with Crippen LogP contribution < -0.4 is 5.32 Å². The average Bonchev–Trinajstić information content (AvgIpc) is 2.77. The van der Waals surface area contributed by atoms with Crippen molar-refractivity contribution in [2.75, 3.05) is 5.32 Å². The predicted octanol–water partition coefficient (Wildman–Crippen LogP) is 2.36. The number of carbonyl (C=O) groups excluding carboxylic acids is 1. The molecular weight excluding hydrogens is 221 g/mol. The highest BCUT2D eigenvalue weighted by molar-refractivity contribution is 6.03. The van der Waals surface area contributed by atoms with Crippen molar-refractivity contribution in [3.8, 4) is 0 Å². The Morgan fingerprint density at radius 2 is 2.12 bits per heavy atom. The van der Waals surface area contributed by atoms with Gasteiger partial charge in [-0.3, -0.25) is 9.89 Å². The molecule has 0 aliphatic rings. The molecule has 88 valence electrons. The fraction of sp³-hybridized carbons (Fsp3) is 0.167. The van der Waals surface area contributed by atoms with Crippen LogP contribution in [0.5, 0.6) is 0 Å². The number of halogens is 1. The maximum absolute atomic E-state index is 12.7. The van der Waals surface area contributed by atoms with Gasteiger partial charge in [0.25, 0.3) is 5.91 Å². The number of aromatic nitrogens is 2. The number of anilines is 1. The van der Waals surface area contributed by atoms with Crippen molar-refractivity contribution >= 4 is 11.7 Å². The molecule has 2 N–H and O–H groups in total. The van der Waals surface area contributed by atoms with E-state index in [9.17, 15) is 9.18 Å². The lowest BCUT2D eigenvalue weighted by molar-refractivity contribution is 0.102. The fourth-order valence-electron chi connectivity index (χ4n) is 1.40. The molecule has 4 nitrogen and oxygen atoms in total. The van der Waals surface area contributed by atoms with Crippen molar-refractivity contribution in [1.82, 2.24) is 10.2 Å². The van der Waals surface area contributed by atoms with Crippen LogP contribution in [0.1, 0.15) is 23.0 Å². The maximum atomic E-state index is 12.7. The SMILES string of the molecule is CCc1cc(NC(=O)c2ccc(F)cc2)n[nH]1. The summed E-state index contributed by atoms with van der Waals surface area (Å²) < 4.78 is 12.7. The van der Waals surface area contributed by atoms with Gasteiger partial charge in [-0.1, -0.05) is 6.92 Å². The first-order chi connectivity index (χ1) is 8.19. The van der Waals surface area contributed by atoms with E-state index in [0.717, 1.165) is 12.1 Å². The summed E-state index contributed by atoms with van der Waals surface area (Å²) in [7, 11) is 0. The van der Waals surface area contributed by atoms with Gasteiger partial charge in [0.15, 0.2) is 5.82 Å². The molecule has 0 radical (unpaired) electrons. The first-order valence-electron chi connectivity index (χ1n) is 5.30. The lowest BCUT2D eigenvalue weighted by atomic mass is 10.2. The Balaban J connectivity index is 2.08. The van der Waals surface area contributed by atoms with Gasteiger partial charge < -0.3 is 5.32 Å². The van der Waals surface area contributed by atoms with Crippen molar-refractivity contribution in [3.63, 3.8) is 0 Å². The van der Waals surface area contributed by atoms with Gasteiger partial charge >= 0.3 is 0 Å². The van der Waals surface area contributed by atoms with Crippen LogP contribution in [0.2, 0.25) is 0 Å². The molecule has 0 bridgehead atoms. The summed E-state index contributed by atoms with van der Waals surface area (Å²) in [6, 6.07) is 7.12. The minimum absolute atomic E-state index is 0.306. The topological polar surface area (TPSA) is 57.8 Å². The van der Waals surface area contributed by atoms with Crippen molar-refractivity contribution in [2.24, 2.45) is 0 Å². The molecule has 2 rings (SSSR count). The van der Waals surface area contributed by atoms with Crippen LogP contribution in [-0.2, 0) is 6.42 Å². The highest BCUT2D eigenvalue weighted by Crippen LogP contribution is 2.09. The van der Waals surface area contributed by atoms with E-state index in [1.54, 1.807) is 6.07 Å². The first-order valence-corrected chi connectivity index (χ1v) is 5.30. The van der Waals surface area contributed by atoms with E-state index in [2.05, 4.69) is 15.5 Å². The standard InChI is InChI=1S/C12H12FN3O/c1-2-10-7-11(16-15-10)14-12(17)8-3-5-9(13)6-4-8/h3-7H,2H2,1H3,(H2,14,15,16,17). The number of H-pyrrole nitrogens is 1. The van der Waals surface area contributed by atoms with Crippen LogP contribution in [0.4, 0.5) is 10.2 Å². The van der Waals surface area contributed by atoms with Crippen LogP contribution in [0, 0.1) is 5.82 Å². The Kier molecular flexibility index (Phi) is 3.18. The molecule has 17 heavy (non-hydrogen) atoms. The van der Waals surface area contributed by atoms with Gasteiger partial charge in [-0.15, -0.1) is 0 Å². The maximum Gasteiger partial charge on any atom is 0.256 e. The fourth-order valence-corrected chi connectivity index (χ4v) is 1.40. The Labute approximate surface area is 97.9 Å². The zero-order valence-corrected chi connectivity index (χ0v) is 9.33. The number of nitrogens with zero attached hydrogens (tertiary/aromatic N) is 1. The second-order valence-electron chi connectivity index (χ2n) is 3.59. The summed E-state index contributed by atoms with van der Waals surface area (Å²) in [5.74, 6) is -0.204. The Bertz CT molecular complexity index is 519. The molecule has 0 atom stereocenters. The molecule has 1 aromatic carbocycles. The largest absolute Gasteiger partial charge is 0.305 e. The zero-order chi connectivity index (χ0) is 12.3. The summed E-state index contributed by atoms with van der Waals surface area (Å²) >= 11 is 0. The number of hydrogen-bond acceptors (Lipinski definition) is 2. The van der Waals surface area contributed by atoms with Gasteiger partial charge in [0.1, 0.15) is 5.82 Å². The van der Waals surface area contributed by atoms with E-state index in [-0.39, 0.29) is 11.7 Å². The molecule has 0 saturated carbocycles. The Hall–Kier alpha value is -2.17. The molecule has 0 fully saturated rings. The molecular formula is C12H12FN3O. The lowest BCUT2D eigenvalue weighted by Crippen LogP contribution is -2.12. The normalized spacial score (nSPS) is 10.2. The van der Waals surface area contributed by atoms with Gasteiger partial charge in [0.2, 0.25) is 0 Å². The summed E-state index contributed by atoms with van der Waals surface area (Å²) in [5.41, 5.74) is 1.34. The van der Waals surface area contributed by atoms with Crippen LogP contribution in [0.25, 0.3) is 0 Å². The van der Waals surface area contributed by atoms with Gasteiger partial charge in [0, 0.05) is 17.3 Å². The third kappa shape index (κ3) is 2.69.